The molecule has 0 saturated heterocycles. The topological polar surface area (TPSA) is 91.8 Å². The van der Waals surface area contributed by atoms with Gasteiger partial charge in [0.2, 0.25) is 0 Å². The molecule has 1 aromatic heterocycles. The van der Waals surface area contributed by atoms with Crippen molar-refractivity contribution in [2.45, 2.75) is 13.0 Å². The summed E-state index contributed by atoms with van der Waals surface area (Å²) in [6, 6.07) is 6.87. The van der Waals surface area contributed by atoms with Crippen LogP contribution in [-0.2, 0) is 0 Å². The van der Waals surface area contributed by atoms with Gasteiger partial charge in [0.1, 0.15) is 16.8 Å². The van der Waals surface area contributed by atoms with Crippen molar-refractivity contribution in [3.05, 3.63) is 44.3 Å². The van der Waals surface area contributed by atoms with Crippen molar-refractivity contribution in [3.8, 4) is 6.07 Å². The smallest absolute Gasteiger partial charge is 0.275 e. The van der Waals surface area contributed by atoms with Gasteiger partial charge in [0.15, 0.2) is 0 Å². The summed E-state index contributed by atoms with van der Waals surface area (Å²) in [5.74, 6) is -0.359. The van der Waals surface area contributed by atoms with E-state index >= 15 is 0 Å². The lowest BCUT2D eigenvalue weighted by Crippen LogP contribution is -2.14. The second-order valence-corrected chi connectivity index (χ2v) is 5.92. The predicted octanol–water partition coefficient (Wildman–Crippen LogP) is 3.05. The lowest BCUT2D eigenvalue weighted by atomic mass is 10.2. The lowest BCUT2D eigenvalue weighted by molar-refractivity contribution is 0.102. The van der Waals surface area contributed by atoms with Crippen LogP contribution < -0.4 is 11.1 Å². The molecular formula is C13H11BrN4OS. The zero-order valence-electron chi connectivity index (χ0n) is 10.6. The number of aromatic nitrogens is 1. The van der Waals surface area contributed by atoms with Gasteiger partial charge < -0.3 is 11.1 Å². The molecule has 0 bridgehead atoms. The standard InChI is InChI=1S/C13H11BrN4OS/c1-7(16)13-18-11(6-20-13)12(19)17-10-4-9(14)3-2-8(10)5-15/h2-4,6-7H,16H2,1H3,(H,17,19). The number of benzene rings is 1. The quantitative estimate of drug-likeness (QED) is 0.889. The molecule has 0 radical (unpaired) electrons. The largest absolute Gasteiger partial charge is 0.322 e. The molecule has 1 heterocycles. The number of nitrogens with one attached hydrogen (secondary N) is 1. The van der Waals surface area contributed by atoms with E-state index in [0.717, 1.165) is 4.47 Å². The summed E-state index contributed by atoms with van der Waals surface area (Å²) in [5, 5.41) is 14.1. The average molecular weight is 351 g/mol. The molecule has 2 rings (SSSR count). The van der Waals surface area contributed by atoms with Gasteiger partial charge >= 0.3 is 0 Å². The molecule has 3 N–H and O–H groups in total. The van der Waals surface area contributed by atoms with Crippen LogP contribution >= 0.6 is 27.3 Å². The summed E-state index contributed by atoms with van der Waals surface area (Å²) in [4.78, 5) is 16.3. The van der Waals surface area contributed by atoms with E-state index in [4.69, 9.17) is 11.0 Å². The summed E-state index contributed by atoms with van der Waals surface area (Å²) in [7, 11) is 0. The molecule has 1 amide bonds. The number of rotatable bonds is 3. The van der Waals surface area contributed by atoms with Crippen molar-refractivity contribution in [1.82, 2.24) is 4.98 Å². The minimum atomic E-state index is -0.359. The van der Waals surface area contributed by atoms with E-state index in [1.165, 1.54) is 11.3 Å². The molecule has 2 aromatic rings. The van der Waals surface area contributed by atoms with Crippen LogP contribution in [0.3, 0.4) is 0 Å². The van der Waals surface area contributed by atoms with Crippen molar-refractivity contribution in [3.63, 3.8) is 0 Å². The number of amides is 1. The fourth-order valence-electron chi connectivity index (χ4n) is 1.50. The van der Waals surface area contributed by atoms with Gasteiger partial charge in [0, 0.05) is 9.85 Å². The summed E-state index contributed by atoms with van der Waals surface area (Å²) in [5.41, 5.74) is 6.85. The van der Waals surface area contributed by atoms with Gasteiger partial charge in [0.05, 0.1) is 17.3 Å². The van der Waals surface area contributed by atoms with Crippen molar-refractivity contribution in [1.29, 1.82) is 5.26 Å². The molecule has 1 unspecified atom stereocenters. The Bertz CT molecular complexity index is 690. The Morgan fingerprint density at radius 1 is 1.60 bits per heavy atom. The number of carbonyl (C=O) groups is 1. The fourth-order valence-corrected chi connectivity index (χ4v) is 2.62. The SMILES string of the molecule is CC(N)c1nc(C(=O)Nc2cc(Br)ccc2C#N)cs1. The summed E-state index contributed by atoms with van der Waals surface area (Å²) in [6.07, 6.45) is 0. The van der Waals surface area contributed by atoms with Gasteiger partial charge in [-0.2, -0.15) is 5.26 Å². The van der Waals surface area contributed by atoms with Crippen molar-refractivity contribution < 1.29 is 4.79 Å². The molecule has 5 nitrogen and oxygen atoms in total. The van der Waals surface area contributed by atoms with E-state index in [9.17, 15) is 4.79 Å². The van der Waals surface area contributed by atoms with Crippen molar-refractivity contribution >= 4 is 38.9 Å². The number of nitrogens with zero attached hydrogens (tertiary/aromatic N) is 2. The number of thiazole rings is 1. The Morgan fingerprint density at radius 3 is 2.95 bits per heavy atom. The highest BCUT2D eigenvalue weighted by molar-refractivity contribution is 9.10. The van der Waals surface area contributed by atoms with Crippen LogP contribution in [-0.4, -0.2) is 10.9 Å². The van der Waals surface area contributed by atoms with E-state index in [0.29, 0.717) is 22.0 Å². The second-order valence-electron chi connectivity index (χ2n) is 4.12. The molecule has 7 heteroatoms. The van der Waals surface area contributed by atoms with E-state index < -0.39 is 0 Å². The molecule has 0 fully saturated rings. The van der Waals surface area contributed by atoms with Crippen LogP contribution in [0.2, 0.25) is 0 Å². The van der Waals surface area contributed by atoms with Crippen LogP contribution in [0.1, 0.15) is 34.0 Å². The highest BCUT2D eigenvalue weighted by atomic mass is 79.9. The predicted molar refractivity (Wildman–Crippen MR) is 81.5 cm³/mol. The monoisotopic (exact) mass is 350 g/mol. The zero-order chi connectivity index (χ0) is 14.7. The Labute approximate surface area is 128 Å². The maximum absolute atomic E-state index is 12.1. The normalized spacial score (nSPS) is 11.7. The number of hydrogen-bond acceptors (Lipinski definition) is 5. The molecule has 0 aliphatic rings. The fraction of sp³-hybridized carbons (Fsp3) is 0.154. The van der Waals surface area contributed by atoms with Gasteiger partial charge in [-0.25, -0.2) is 4.98 Å². The Morgan fingerprint density at radius 2 is 2.35 bits per heavy atom. The number of nitrogens with two attached hydrogens (primary N) is 1. The molecule has 0 spiro atoms. The average Bonchev–Trinajstić information content (AvgIpc) is 2.89. The van der Waals surface area contributed by atoms with E-state index in [-0.39, 0.29) is 11.9 Å². The van der Waals surface area contributed by atoms with Gasteiger partial charge in [-0.05, 0) is 25.1 Å². The molecule has 0 saturated carbocycles. The molecule has 1 atom stereocenters. The number of nitriles is 1. The highest BCUT2D eigenvalue weighted by Crippen LogP contribution is 2.22. The van der Waals surface area contributed by atoms with Gasteiger partial charge in [-0.1, -0.05) is 15.9 Å². The van der Waals surface area contributed by atoms with Crippen LogP contribution in [0.15, 0.2) is 28.1 Å². The minimum Gasteiger partial charge on any atom is -0.322 e. The molecule has 1 aromatic carbocycles. The highest BCUT2D eigenvalue weighted by Gasteiger charge is 2.14. The van der Waals surface area contributed by atoms with Gasteiger partial charge in [-0.3, -0.25) is 4.79 Å². The summed E-state index contributed by atoms with van der Waals surface area (Å²) >= 11 is 4.64. The first-order valence-corrected chi connectivity index (χ1v) is 7.40. The van der Waals surface area contributed by atoms with Gasteiger partial charge in [0.25, 0.3) is 5.91 Å². The Balaban J connectivity index is 2.23. The molecule has 0 aliphatic carbocycles. The number of halogens is 1. The van der Waals surface area contributed by atoms with Crippen molar-refractivity contribution in [2.75, 3.05) is 5.32 Å². The first kappa shape index (κ1) is 14.7. The first-order chi connectivity index (χ1) is 9.51. The molecule has 102 valence electrons. The molecular weight excluding hydrogens is 340 g/mol. The van der Waals surface area contributed by atoms with Crippen LogP contribution in [0.25, 0.3) is 0 Å². The maximum atomic E-state index is 12.1. The third-order valence-electron chi connectivity index (χ3n) is 2.49. The second kappa shape index (κ2) is 6.13. The third kappa shape index (κ3) is 3.22. The summed E-state index contributed by atoms with van der Waals surface area (Å²) < 4.78 is 0.779. The van der Waals surface area contributed by atoms with Crippen LogP contribution in [0.4, 0.5) is 5.69 Å². The number of hydrogen-bond donors (Lipinski definition) is 2. The Kier molecular flexibility index (Phi) is 4.49. The van der Waals surface area contributed by atoms with E-state index in [2.05, 4.69) is 26.2 Å². The van der Waals surface area contributed by atoms with E-state index in [1.807, 2.05) is 13.0 Å². The van der Waals surface area contributed by atoms with Crippen molar-refractivity contribution in [2.24, 2.45) is 5.73 Å². The number of anilines is 1. The first-order valence-electron chi connectivity index (χ1n) is 5.73. The molecule has 20 heavy (non-hydrogen) atoms. The minimum absolute atomic E-state index is 0.206. The maximum Gasteiger partial charge on any atom is 0.275 e. The zero-order valence-corrected chi connectivity index (χ0v) is 13.0. The van der Waals surface area contributed by atoms with E-state index in [1.54, 1.807) is 23.6 Å². The third-order valence-corrected chi connectivity index (χ3v) is 4.03. The van der Waals surface area contributed by atoms with Crippen LogP contribution in [0.5, 0.6) is 0 Å². The van der Waals surface area contributed by atoms with Crippen LogP contribution in [0, 0.1) is 11.3 Å². The number of carbonyl (C=O) groups excluding carboxylic acids is 1. The summed E-state index contributed by atoms with van der Waals surface area (Å²) in [6.45, 7) is 1.81. The van der Waals surface area contributed by atoms with Gasteiger partial charge in [-0.15, -0.1) is 11.3 Å². The molecule has 0 aliphatic heterocycles. The lowest BCUT2D eigenvalue weighted by Gasteiger charge is -2.06. The Hall–Kier alpha value is -1.75.